The molecule has 0 aliphatic carbocycles. The SMILES string of the molecule is CCC(C)NC(=NC)NCc1ccccn1.I. The van der Waals surface area contributed by atoms with Crippen LogP contribution in [0.15, 0.2) is 29.4 Å². The van der Waals surface area contributed by atoms with Crippen LogP contribution in [0.5, 0.6) is 0 Å². The molecule has 1 heterocycles. The summed E-state index contributed by atoms with van der Waals surface area (Å²) in [5.41, 5.74) is 1.01. The largest absolute Gasteiger partial charge is 0.354 e. The summed E-state index contributed by atoms with van der Waals surface area (Å²) in [6, 6.07) is 6.31. The highest BCUT2D eigenvalue weighted by molar-refractivity contribution is 14.0. The molecule has 0 amide bonds. The molecule has 17 heavy (non-hydrogen) atoms. The van der Waals surface area contributed by atoms with Crippen LogP contribution in [0.4, 0.5) is 0 Å². The molecule has 0 radical (unpaired) electrons. The minimum absolute atomic E-state index is 0. The number of pyridine rings is 1. The highest BCUT2D eigenvalue weighted by Crippen LogP contribution is 1.92. The maximum absolute atomic E-state index is 4.24. The Kier molecular flexibility index (Phi) is 8.75. The smallest absolute Gasteiger partial charge is 0.191 e. The van der Waals surface area contributed by atoms with E-state index in [2.05, 4.69) is 34.5 Å². The van der Waals surface area contributed by atoms with E-state index in [0.29, 0.717) is 12.6 Å². The van der Waals surface area contributed by atoms with Crippen molar-refractivity contribution in [3.8, 4) is 0 Å². The molecule has 1 rings (SSSR count). The number of nitrogens with one attached hydrogen (secondary N) is 2. The van der Waals surface area contributed by atoms with Crippen molar-refractivity contribution in [3.05, 3.63) is 30.1 Å². The van der Waals surface area contributed by atoms with Crippen LogP contribution in [0.2, 0.25) is 0 Å². The van der Waals surface area contributed by atoms with Crippen LogP contribution in [0.1, 0.15) is 26.0 Å². The molecule has 96 valence electrons. The Labute approximate surface area is 120 Å². The zero-order valence-corrected chi connectivity index (χ0v) is 12.9. The molecule has 1 aromatic rings. The summed E-state index contributed by atoms with van der Waals surface area (Å²) in [6.45, 7) is 4.97. The Balaban J connectivity index is 0.00000256. The summed E-state index contributed by atoms with van der Waals surface area (Å²) in [5, 5.41) is 6.52. The van der Waals surface area contributed by atoms with Crippen molar-refractivity contribution in [1.29, 1.82) is 0 Å². The van der Waals surface area contributed by atoms with Crippen molar-refractivity contribution in [1.82, 2.24) is 15.6 Å². The Morgan fingerprint density at radius 3 is 2.76 bits per heavy atom. The van der Waals surface area contributed by atoms with Crippen LogP contribution in [-0.4, -0.2) is 24.0 Å². The lowest BCUT2D eigenvalue weighted by atomic mass is 10.3. The van der Waals surface area contributed by atoms with E-state index in [1.807, 2.05) is 18.2 Å². The number of rotatable bonds is 4. The van der Waals surface area contributed by atoms with Gasteiger partial charge in [0.2, 0.25) is 0 Å². The predicted octanol–water partition coefficient (Wildman–Crippen LogP) is 2.16. The number of halogens is 1. The van der Waals surface area contributed by atoms with Crippen molar-refractivity contribution in [2.24, 2.45) is 4.99 Å². The van der Waals surface area contributed by atoms with Gasteiger partial charge in [0, 0.05) is 19.3 Å². The second-order valence-electron chi connectivity index (χ2n) is 3.70. The minimum atomic E-state index is 0. The first-order valence-electron chi connectivity index (χ1n) is 5.63. The first-order chi connectivity index (χ1) is 7.76. The molecule has 1 unspecified atom stereocenters. The molecule has 0 spiro atoms. The van der Waals surface area contributed by atoms with E-state index in [1.165, 1.54) is 0 Å². The molecule has 0 saturated heterocycles. The molecule has 1 atom stereocenters. The Morgan fingerprint density at radius 1 is 1.47 bits per heavy atom. The maximum atomic E-state index is 4.24. The first kappa shape index (κ1) is 16.1. The zero-order chi connectivity index (χ0) is 11.8. The van der Waals surface area contributed by atoms with E-state index < -0.39 is 0 Å². The van der Waals surface area contributed by atoms with E-state index in [0.717, 1.165) is 18.1 Å². The molecule has 0 aromatic carbocycles. The van der Waals surface area contributed by atoms with Gasteiger partial charge in [-0.2, -0.15) is 0 Å². The lowest BCUT2D eigenvalue weighted by Gasteiger charge is -2.16. The summed E-state index contributed by atoms with van der Waals surface area (Å²) in [5.74, 6) is 0.819. The fourth-order valence-electron chi connectivity index (χ4n) is 1.21. The lowest BCUT2D eigenvalue weighted by Crippen LogP contribution is -2.41. The summed E-state index contributed by atoms with van der Waals surface area (Å²) in [7, 11) is 1.77. The van der Waals surface area contributed by atoms with Gasteiger partial charge in [0.1, 0.15) is 0 Å². The summed E-state index contributed by atoms with van der Waals surface area (Å²) < 4.78 is 0. The molecule has 1 aromatic heterocycles. The molecular formula is C12H21IN4. The maximum Gasteiger partial charge on any atom is 0.191 e. The molecule has 5 heteroatoms. The summed E-state index contributed by atoms with van der Waals surface area (Å²) >= 11 is 0. The van der Waals surface area contributed by atoms with E-state index in [-0.39, 0.29) is 24.0 Å². The normalized spacial score (nSPS) is 12.5. The molecule has 4 nitrogen and oxygen atoms in total. The molecule has 0 bridgehead atoms. The Bertz CT molecular complexity index is 327. The molecular weight excluding hydrogens is 327 g/mol. The number of hydrogen-bond donors (Lipinski definition) is 2. The van der Waals surface area contributed by atoms with E-state index >= 15 is 0 Å². The number of aliphatic imine (C=N–C) groups is 1. The number of nitrogens with zero attached hydrogens (tertiary/aromatic N) is 2. The monoisotopic (exact) mass is 348 g/mol. The van der Waals surface area contributed by atoms with Crippen LogP contribution >= 0.6 is 24.0 Å². The standard InChI is InChI=1S/C12H20N4.HI/c1-4-10(2)16-12(13-3)15-9-11-7-5-6-8-14-11;/h5-8,10H,4,9H2,1-3H3,(H2,13,15,16);1H. The van der Waals surface area contributed by atoms with Crippen LogP contribution < -0.4 is 10.6 Å². The number of guanidine groups is 1. The van der Waals surface area contributed by atoms with Gasteiger partial charge in [-0.3, -0.25) is 9.98 Å². The zero-order valence-electron chi connectivity index (χ0n) is 10.6. The van der Waals surface area contributed by atoms with Crippen molar-refractivity contribution < 1.29 is 0 Å². The van der Waals surface area contributed by atoms with Crippen LogP contribution in [0.3, 0.4) is 0 Å². The second-order valence-corrected chi connectivity index (χ2v) is 3.70. The van der Waals surface area contributed by atoms with Gasteiger partial charge in [-0.15, -0.1) is 24.0 Å². The molecule has 0 saturated carbocycles. The highest BCUT2D eigenvalue weighted by Gasteiger charge is 2.02. The third-order valence-corrected chi connectivity index (χ3v) is 2.38. The molecule has 0 fully saturated rings. The van der Waals surface area contributed by atoms with E-state index in [4.69, 9.17) is 0 Å². The Hall–Kier alpha value is -0.850. The summed E-state index contributed by atoms with van der Waals surface area (Å²) in [6.07, 6.45) is 2.87. The van der Waals surface area contributed by atoms with Gasteiger partial charge in [0.15, 0.2) is 5.96 Å². The van der Waals surface area contributed by atoms with E-state index in [9.17, 15) is 0 Å². The van der Waals surface area contributed by atoms with Gasteiger partial charge in [-0.05, 0) is 25.5 Å². The molecule has 2 N–H and O–H groups in total. The van der Waals surface area contributed by atoms with Gasteiger partial charge in [-0.25, -0.2) is 0 Å². The highest BCUT2D eigenvalue weighted by atomic mass is 127. The van der Waals surface area contributed by atoms with Crippen molar-refractivity contribution >= 4 is 29.9 Å². The lowest BCUT2D eigenvalue weighted by molar-refractivity contribution is 0.623. The van der Waals surface area contributed by atoms with Crippen LogP contribution in [0, 0.1) is 0 Å². The fraction of sp³-hybridized carbons (Fsp3) is 0.500. The van der Waals surface area contributed by atoms with Gasteiger partial charge in [0.25, 0.3) is 0 Å². The number of aromatic nitrogens is 1. The van der Waals surface area contributed by atoms with Crippen LogP contribution in [-0.2, 0) is 6.54 Å². The van der Waals surface area contributed by atoms with Crippen molar-refractivity contribution in [3.63, 3.8) is 0 Å². The van der Waals surface area contributed by atoms with Gasteiger partial charge < -0.3 is 10.6 Å². The van der Waals surface area contributed by atoms with E-state index in [1.54, 1.807) is 13.2 Å². The topological polar surface area (TPSA) is 49.3 Å². The van der Waals surface area contributed by atoms with Gasteiger partial charge in [-0.1, -0.05) is 13.0 Å². The minimum Gasteiger partial charge on any atom is -0.354 e. The number of hydrogen-bond acceptors (Lipinski definition) is 2. The van der Waals surface area contributed by atoms with Crippen molar-refractivity contribution in [2.45, 2.75) is 32.9 Å². The average molecular weight is 348 g/mol. The first-order valence-corrected chi connectivity index (χ1v) is 5.63. The van der Waals surface area contributed by atoms with Crippen LogP contribution in [0.25, 0.3) is 0 Å². The fourth-order valence-corrected chi connectivity index (χ4v) is 1.21. The van der Waals surface area contributed by atoms with Gasteiger partial charge in [0.05, 0.1) is 12.2 Å². The van der Waals surface area contributed by atoms with Gasteiger partial charge >= 0.3 is 0 Å². The molecule has 0 aliphatic heterocycles. The third kappa shape index (κ3) is 6.45. The second kappa shape index (κ2) is 9.21. The average Bonchev–Trinajstić information content (AvgIpc) is 2.35. The van der Waals surface area contributed by atoms with Crippen molar-refractivity contribution in [2.75, 3.05) is 7.05 Å². The third-order valence-electron chi connectivity index (χ3n) is 2.38. The molecule has 0 aliphatic rings. The summed E-state index contributed by atoms with van der Waals surface area (Å²) in [4.78, 5) is 8.40. The predicted molar refractivity (Wildman–Crippen MR) is 82.7 cm³/mol. The Morgan fingerprint density at radius 2 is 2.24 bits per heavy atom. The quantitative estimate of drug-likeness (QED) is 0.498.